The molecular weight excluding hydrogens is 368 g/mol. The van der Waals surface area contributed by atoms with E-state index in [1.165, 1.54) is 16.9 Å². The summed E-state index contributed by atoms with van der Waals surface area (Å²) in [6.45, 7) is 9.81. The Hall–Kier alpha value is -2.11. The van der Waals surface area contributed by atoms with E-state index in [1.807, 2.05) is 31.2 Å². The minimum absolute atomic E-state index is 0.0154. The zero-order chi connectivity index (χ0) is 19.9. The molecule has 3 rings (SSSR count). The second-order valence-electron chi connectivity index (χ2n) is 7.43. The molecule has 0 radical (unpaired) electrons. The second kappa shape index (κ2) is 9.89. The van der Waals surface area contributed by atoms with Crippen molar-refractivity contribution < 1.29 is 9.53 Å². The zero-order valence-electron chi connectivity index (χ0n) is 17.0. The number of likely N-dealkylation sites (tertiary alicyclic amines) is 1. The Labute approximate surface area is 172 Å². The fourth-order valence-corrected chi connectivity index (χ4v) is 4.37. The Kier molecular flexibility index (Phi) is 7.29. The van der Waals surface area contributed by atoms with Gasteiger partial charge in [0.25, 0.3) is 5.91 Å². The van der Waals surface area contributed by atoms with Gasteiger partial charge in [-0.25, -0.2) is 0 Å². The monoisotopic (exact) mass is 398 g/mol. The molecule has 1 aromatic heterocycles. The van der Waals surface area contributed by atoms with E-state index in [2.05, 4.69) is 42.3 Å². The topological polar surface area (TPSA) is 41.6 Å². The number of allylic oxidation sites excluding steroid dienone is 1. The number of nitrogens with one attached hydrogen (secondary N) is 1. The van der Waals surface area contributed by atoms with Crippen molar-refractivity contribution in [3.63, 3.8) is 0 Å². The molecule has 0 spiro atoms. The molecule has 4 nitrogen and oxygen atoms in total. The molecule has 1 aliphatic heterocycles. The van der Waals surface area contributed by atoms with Crippen molar-refractivity contribution in [3.8, 4) is 16.2 Å². The van der Waals surface area contributed by atoms with E-state index < -0.39 is 0 Å². The Morgan fingerprint density at radius 2 is 1.96 bits per heavy atom. The number of carbonyl (C=O) groups is 1. The minimum atomic E-state index is -0.0154. The predicted molar refractivity (Wildman–Crippen MR) is 117 cm³/mol. The number of nitrogens with zero attached hydrogens (tertiary/aromatic N) is 1. The fourth-order valence-electron chi connectivity index (χ4n) is 3.36. The number of carbonyl (C=O) groups excluding carboxylic acids is 1. The molecule has 2 aromatic rings. The molecule has 1 saturated heterocycles. The van der Waals surface area contributed by atoms with Gasteiger partial charge in [-0.1, -0.05) is 42.0 Å². The molecule has 2 heterocycles. The highest BCUT2D eigenvalue weighted by Gasteiger charge is 2.24. The van der Waals surface area contributed by atoms with Gasteiger partial charge in [0.1, 0.15) is 10.6 Å². The molecular formula is C23H30N2O2S. The van der Waals surface area contributed by atoms with E-state index in [4.69, 9.17) is 4.74 Å². The number of ether oxygens (including phenoxy) is 1. The number of thiophene rings is 1. The summed E-state index contributed by atoms with van der Waals surface area (Å²) >= 11 is 1.51. The summed E-state index contributed by atoms with van der Waals surface area (Å²) < 4.78 is 5.76. The van der Waals surface area contributed by atoms with E-state index in [9.17, 15) is 4.79 Å². The standard InChI is InChI=1S/C23H30N2O2S/c1-4-27-20-16-21(18-8-6-5-7-9-18)28-22(20)23(26)24-19-11-14-25(15-12-19)13-10-17(2)3/h5-10,16,19H,4,11-15H2,1-3H3,(H,24,26). The van der Waals surface area contributed by atoms with E-state index in [0.717, 1.165) is 42.9 Å². The highest BCUT2D eigenvalue weighted by molar-refractivity contribution is 7.17. The van der Waals surface area contributed by atoms with Crippen LogP contribution in [0.1, 0.15) is 43.3 Å². The van der Waals surface area contributed by atoms with Crippen molar-refractivity contribution in [3.05, 3.63) is 52.9 Å². The molecule has 0 unspecified atom stereocenters. The first kappa shape index (κ1) is 20.6. The maximum atomic E-state index is 12.9. The van der Waals surface area contributed by atoms with Gasteiger partial charge in [0.05, 0.1) is 6.61 Å². The van der Waals surface area contributed by atoms with Crippen LogP contribution in [0.4, 0.5) is 0 Å². The third-order valence-electron chi connectivity index (χ3n) is 4.94. The lowest BCUT2D eigenvalue weighted by Gasteiger charge is -2.31. The van der Waals surface area contributed by atoms with E-state index >= 15 is 0 Å². The van der Waals surface area contributed by atoms with Crippen LogP contribution in [-0.2, 0) is 0 Å². The molecule has 1 aromatic carbocycles. The first-order chi connectivity index (χ1) is 13.6. The van der Waals surface area contributed by atoms with Gasteiger partial charge in [0.2, 0.25) is 0 Å². The SMILES string of the molecule is CCOc1cc(-c2ccccc2)sc1C(=O)NC1CCN(CC=C(C)C)CC1. The molecule has 28 heavy (non-hydrogen) atoms. The third-order valence-corrected chi connectivity index (χ3v) is 6.11. The van der Waals surface area contributed by atoms with Crippen molar-refractivity contribution in [2.75, 3.05) is 26.2 Å². The Balaban J connectivity index is 1.64. The van der Waals surface area contributed by atoms with Gasteiger partial charge in [0.15, 0.2) is 0 Å². The molecule has 1 aliphatic rings. The molecule has 5 heteroatoms. The maximum Gasteiger partial charge on any atom is 0.265 e. The molecule has 1 amide bonds. The number of benzene rings is 1. The minimum Gasteiger partial charge on any atom is -0.492 e. The van der Waals surface area contributed by atoms with Gasteiger partial charge in [0, 0.05) is 30.6 Å². The summed E-state index contributed by atoms with van der Waals surface area (Å²) in [5, 5.41) is 3.23. The van der Waals surface area contributed by atoms with Crippen molar-refractivity contribution in [2.24, 2.45) is 0 Å². The quantitative estimate of drug-likeness (QED) is 0.669. The molecule has 0 atom stereocenters. The first-order valence-corrected chi connectivity index (χ1v) is 10.9. The van der Waals surface area contributed by atoms with Gasteiger partial charge in [-0.15, -0.1) is 11.3 Å². The largest absolute Gasteiger partial charge is 0.492 e. The smallest absolute Gasteiger partial charge is 0.265 e. The first-order valence-electron chi connectivity index (χ1n) is 10.1. The number of hydrogen-bond donors (Lipinski definition) is 1. The van der Waals surface area contributed by atoms with Crippen LogP contribution in [0.2, 0.25) is 0 Å². The van der Waals surface area contributed by atoms with Crippen molar-refractivity contribution in [2.45, 2.75) is 39.7 Å². The Morgan fingerprint density at radius 3 is 2.61 bits per heavy atom. The van der Waals surface area contributed by atoms with Gasteiger partial charge in [-0.2, -0.15) is 0 Å². The van der Waals surface area contributed by atoms with E-state index in [-0.39, 0.29) is 11.9 Å². The van der Waals surface area contributed by atoms with Crippen LogP contribution in [0, 0.1) is 0 Å². The fraction of sp³-hybridized carbons (Fsp3) is 0.435. The van der Waals surface area contributed by atoms with Crippen molar-refractivity contribution in [1.82, 2.24) is 10.2 Å². The predicted octanol–water partition coefficient (Wildman–Crippen LogP) is 4.97. The normalized spacial score (nSPS) is 15.2. The molecule has 1 fully saturated rings. The Morgan fingerprint density at radius 1 is 1.25 bits per heavy atom. The summed E-state index contributed by atoms with van der Waals surface area (Å²) in [5.74, 6) is 0.670. The van der Waals surface area contributed by atoms with Crippen LogP contribution in [0.25, 0.3) is 10.4 Å². The van der Waals surface area contributed by atoms with Crippen molar-refractivity contribution in [1.29, 1.82) is 0 Å². The lowest BCUT2D eigenvalue weighted by molar-refractivity contribution is 0.0915. The van der Waals surface area contributed by atoms with Crippen LogP contribution in [0.15, 0.2) is 48.0 Å². The Bertz CT molecular complexity index is 801. The summed E-state index contributed by atoms with van der Waals surface area (Å²) in [4.78, 5) is 17.1. The number of hydrogen-bond acceptors (Lipinski definition) is 4. The molecule has 0 aliphatic carbocycles. The van der Waals surface area contributed by atoms with Crippen LogP contribution in [0.3, 0.4) is 0 Å². The van der Waals surface area contributed by atoms with Gasteiger partial charge in [-0.05, 0) is 45.2 Å². The van der Waals surface area contributed by atoms with Crippen molar-refractivity contribution >= 4 is 17.2 Å². The van der Waals surface area contributed by atoms with E-state index in [1.54, 1.807) is 0 Å². The molecule has 0 bridgehead atoms. The third kappa shape index (κ3) is 5.46. The number of piperidine rings is 1. The highest BCUT2D eigenvalue weighted by atomic mass is 32.1. The summed E-state index contributed by atoms with van der Waals surface area (Å²) in [5.41, 5.74) is 2.46. The zero-order valence-corrected chi connectivity index (χ0v) is 17.8. The van der Waals surface area contributed by atoms with Crippen LogP contribution in [0.5, 0.6) is 5.75 Å². The van der Waals surface area contributed by atoms with Gasteiger partial charge < -0.3 is 10.1 Å². The summed E-state index contributed by atoms with van der Waals surface area (Å²) in [7, 11) is 0. The van der Waals surface area contributed by atoms with Gasteiger partial charge in [-0.3, -0.25) is 9.69 Å². The average molecular weight is 399 g/mol. The van der Waals surface area contributed by atoms with Crippen LogP contribution < -0.4 is 10.1 Å². The summed E-state index contributed by atoms with van der Waals surface area (Å²) in [6.07, 6.45) is 4.25. The second-order valence-corrected chi connectivity index (χ2v) is 8.49. The highest BCUT2D eigenvalue weighted by Crippen LogP contribution is 2.36. The summed E-state index contributed by atoms with van der Waals surface area (Å²) in [6, 6.07) is 12.4. The molecule has 0 saturated carbocycles. The molecule has 150 valence electrons. The number of amides is 1. The lowest BCUT2D eigenvalue weighted by atomic mass is 10.0. The van der Waals surface area contributed by atoms with Crippen LogP contribution in [-0.4, -0.2) is 43.1 Å². The van der Waals surface area contributed by atoms with Gasteiger partial charge >= 0.3 is 0 Å². The average Bonchev–Trinajstić information content (AvgIpc) is 3.12. The van der Waals surface area contributed by atoms with Crippen LogP contribution >= 0.6 is 11.3 Å². The lowest BCUT2D eigenvalue weighted by Crippen LogP contribution is -2.44. The maximum absolute atomic E-state index is 12.9. The number of rotatable bonds is 7. The molecule has 1 N–H and O–H groups in total. The van der Waals surface area contributed by atoms with E-state index in [0.29, 0.717) is 17.2 Å².